The van der Waals surface area contributed by atoms with E-state index in [9.17, 15) is 4.79 Å². The molecule has 1 aliphatic rings. The lowest BCUT2D eigenvalue weighted by Crippen LogP contribution is -2.46. The zero-order chi connectivity index (χ0) is 13.2. The third kappa shape index (κ3) is 3.53. The van der Waals surface area contributed by atoms with Crippen LogP contribution in [0.1, 0.15) is 32.4 Å². The number of nitrogens with one attached hydrogen (secondary N) is 1. The average Bonchev–Trinajstić information content (AvgIpc) is 2.34. The van der Waals surface area contributed by atoms with Gasteiger partial charge in [0.25, 0.3) is 0 Å². The number of ether oxygens (including phenoxy) is 2. The summed E-state index contributed by atoms with van der Waals surface area (Å²) < 4.78 is 10.4. The van der Waals surface area contributed by atoms with Gasteiger partial charge in [-0.25, -0.2) is 4.79 Å². The van der Waals surface area contributed by atoms with Gasteiger partial charge in [-0.15, -0.1) is 12.4 Å². The summed E-state index contributed by atoms with van der Waals surface area (Å²) in [7, 11) is 0. The van der Waals surface area contributed by atoms with E-state index in [0.717, 1.165) is 11.3 Å². The van der Waals surface area contributed by atoms with Crippen LogP contribution < -0.4 is 10.1 Å². The number of alkyl carbamates (subject to hydrolysis) is 1. The zero-order valence-electron chi connectivity index (χ0n) is 11.4. The van der Waals surface area contributed by atoms with Crippen molar-refractivity contribution in [2.75, 3.05) is 13.2 Å². The highest BCUT2D eigenvalue weighted by atomic mass is 35.5. The van der Waals surface area contributed by atoms with E-state index in [1.165, 1.54) is 0 Å². The van der Waals surface area contributed by atoms with Crippen molar-refractivity contribution >= 4 is 18.5 Å². The van der Waals surface area contributed by atoms with Gasteiger partial charge in [-0.1, -0.05) is 26.0 Å². The van der Waals surface area contributed by atoms with Gasteiger partial charge >= 0.3 is 6.09 Å². The van der Waals surface area contributed by atoms with E-state index in [4.69, 9.17) is 9.47 Å². The topological polar surface area (TPSA) is 47.6 Å². The molecule has 4 nitrogen and oxygen atoms in total. The van der Waals surface area contributed by atoms with Gasteiger partial charge in [0.2, 0.25) is 0 Å². The Morgan fingerprint density at radius 3 is 2.58 bits per heavy atom. The van der Waals surface area contributed by atoms with Crippen LogP contribution in [0.4, 0.5) is 4.79 Å². The molecule has 0 spiro atoms. The molecule has 1 aliphatic heterocycles. The molecule has 2 rings (SSSR count). The molecular formula is C14H20ClNO3. The summed E-state index contributed by atoms with van der Waals surface area (Å²) in [6, 6.07) is 7.80. The number of cyclic esters (lactones) is 1. The molecule has 1 aromatic carbocycles. The van der Waals surface area contributed by atoms with Crippen molar-refractivity contribution in [2.24, 2.45) is 5.41 Å². The normalized spacial score (nSPS) is 20.8. The van der Waals surface area contributed by atoms with Gasteiger partial charge < -0.3 is 14.8 Å². The fraction of sp³-hybridized carbons (Fsp3) is 0.500. The van der Waals surface area contributed by atoms with Crippen LogP contribution in [0, 0.1) is 5.41 Å². The van der Waals surface area contributed by atoms with Crippen molar-refractivity contribution in [1.82, 2.24) is 5.32 Å². The van der Waals surface area contributed by atoms with Gasteiger partial charge in [0.15, 0.2) is 0 Å². The van der Waals surface area contributed by atoms with Crippen molar-refractivity contribution < 1.29 is 14.3 Å². The number of carbonyl (C=O) groups excluding carboxylic acids is 1. The Labute approximate surface area is 119 Å². The summed E-state index contributed by atoms with van der Waals surface area (Å²) >= 11 is 0. The molecule has 19 heavy (non-hydrogen) atoms. The minimum Gasteiger partial charge on any atom is -0.494 e. The second kappa shape index (κ2) is 6.15. The Bertz CT molecular complexity index is 431. The highest BCUT2D eigenvalue weighted by Crippen LogP contribution is 2.36. The molecule has 0 radical (unpaired) electrons. The lowest BCUT2D eigenvalue weighted by molar-refractivity contribution is 0.0387. The Morgan fingerprint density at radius 2 is 2.00 bits per heavy atom. The first-order valence-electron chi connectivity index (χ1n) is 6.19. The first-order valence-corrected chi connectivity index (χ1v) is 6.19. The summed E-state index contributed by atoms with van der Waals surface area (Å²) in [5, 5.41) is 2.87. The largest absolute Gasteiger partial charge is 0.494 e. The summed E-state index contributed by atoms with van der Waals surface area (Å²) in [6.07, 6.45) is -0.354. The Kier molecular flexibility index (Phi) is 5.06. The second-order valence-corrected chi connectivity index (χ2v) is 5.14. The number of rotatable bonds is 3. The van der Waals surface area contributed by atoms with Gasteiger partial charge in [0.1, 0.15) is 12.4 Å². The van der Waals surface area contributed by atoms with Crippen molar-refractivity contribution in [1.29, 1.82) is 0 Å². The van der Waals surface area contributed by atoms with Gasteiger partial charge in [0, 0.05) is 5.41 Å². The molecule has 0 aromatic heterocycles. The molecule has 106 valence electrons. The number of hydrogen-bond donors (Lipinski definition) is 1. The summed E-state index contributed by atoms with van der Waals surface area (Å²) in [5.41, 5.74) is 0.946. The van der Waals surface area contributed by atoms with Crippen molar-refractivity contribution in [3.05, 3.63) is 29.8 Å². The molecule has 0 saturated carbocycles. The highest BCUT2D eigenvalue weighted by molar-refractivity contribution is 5.85. The highest BCUT2D eigenvalue weighted by Gasteiger charge is 2.37. The van der Waals surface area contributed by atoms with E-state index in [-0.39, 0.29) is 30.0 Å². The zero-order valence-corrected chi connectivity index (χ0v) is 12.3. The monoisotopic (exact) mass is 285 g/mol. The summed E-state index contributed by atoms with van der Waals surface area (Å²) in [4.78, 5) is 11.3. The molecule has 1 fully saturated rings. The van der Waals surface area contributed by atoms with Gasteiger partial charge in [-0.05, 0) is 24.6 Å². The van der Waals surface area contributed by atoms with Crippen LogP contribution in [0.25, 0.3) is 0 Å². The van der Waals surface area contributed by atoms with E-state index < -0.39 is 0 Å². The SMILES string of the molecule is CCOc1ccc([C@@H]2NC(=O)OCC2(C)C)cc1.Cl. The van der Waals surface area contributed by atoms with Crippen LogP contribution in [0.3, 0.4) is 0 Å². The molecule has 1 saturated heterocycles. The van der Waals surface area contributed by atoms with Crippen LogP contribution >= 0.6 is 12.4 Å². The first kappa shape index (κ1) is 15.6. The Morgan fingerprint density at radius 1 is 1.37 bits per heavy atom. The van der Waals surface area contributed by atoms with E-state index in [1.807, 2.05) is 31.2 Å². The molecule has 1 aromatic rings. The maximum Gasteiger partial charge on any atom is 0.407 e. The number of benzene rings is 1. The minimum absolute atomic E-state index is 0. The average molecular weight is 286 g/mol. The lowest BCUT2D eigenvalue weighted by atomic mass is 9.80. The lowest BCUT2D eigenvalue weighted by Gasteiger charge is -2.38. The maximum absolute atomic E-state index is 11.3. The van der Waals surface area contributed by atoms with Crippen LogP contribution in [-0.4, -0.2) is 19.3 Å². The van der Waals surface area contributed by atoms with E-state index >= 15 is 0 Å². The number of carbonyl (C=O) groups is 1. The fourth-order valence-corrected chi connectivity index (χ4v) is 2.15. The predicted octanol–water partition coefficient (Wildman–Crippen LogP) is 3.31. The van der Waals surface area contributed by atoms with Crippen LogP contribution in [0.5, 0.6) is 5.75 Å². The van der Waals surface area contributed by atoms with Crippen LogP contribution in [-0.2, 0) is 4.74 Å². The van der Waals surface area contributed by atoms with Crippen LogP contribution in [0.2, 0.25) is 0 Å². The molecule has 1 N–H and O–H groups in total. The number of hydrogen-bond acceptors (Lipinski definition) is 3. The standard InChI is InChI=1S/C14H19NO3.ClH/c1-4-17-11-7-5-10(6-8-11)12-14(2,3)9-18-13(16)15-12;/h5-8,12H,4,9H2,1-3H3,(H,15,16);1H/t12-;/m0./s1. The Hall–Kier alpha value is -1.42. The quantitative estimate of drug-likeness (QED) is 0.927. The summed E-state index contributed by atoms with van der Waals surface area (Å²) in [5.74, 6) is 0.845. The molecule has 0 unspecified atom stereocenters. The van der Waals surface area contributed by atoms with Crippen molar-refractivity contribution in [3.8, 4) is 5.75 Å². The van der Waals surface area contributed by atoms with Crippen LogP contribution in [0.15, 0.2) is 24.3 Å². The van der Waals surface area contributed by atoms with Gasteiger partial charge in [0.05, 0.1) is 12.6 Å². The molecule has 1 heterocycles. The molecule has 0 bridgehead atoms. The first-order chi connectivity index (χ1) is 8.53. The predicted molar refractivity (Wildman–Crippen MR) is 75.9 cm³/mol. The molecule has 0 aliphatic carbocycles. The van der Waals surface area contributed by atoms with E-state index in [1.54, 1.807) is 0 Å². The Balaban J connectivity index is 0.00000180. The maximum atomic E-state index is 11.3. The third-order valence-electron chi connectivity index (χ3n) is 3.14. The molecule has 1 atom stereocenters. The van der Waals surface area contributed by atoms with Crippen molar-refractivity contribution in [2.45, 2.75) is 26.8 Å². The molecular weight excluding hydrogens is 266 g/mol. The smallest absolute Gasteiger partial charge is 0.407 e. The van der Waals surface area contributed by atoms with E-state index in [2.05, 4.69) is 19.2 Å². The third-order valence-corrected chi connectivity index (χ3v) is 3.14. The van der Waals surface area contributed by atoms with Gasteiger partial charge in [-0.2, -0.15) is 0 Å². The fourth-order valence-electron chi connectivity index (χ4n) is 2.15. The minimum atomic E-state index is -0.354. The second-order valence-electron chi connectivity index (χ2n) is 5.14. The molecule has 5 heteroatoms. The molecule has 1 amide bonds. The number of halogens is 1. The number of amides is 1. The van der Waals surface area contributed by atoms with Crippen molar-refractivity contribution in [3.63, 3.8) is 0 Å². The van der Waals surface area contributed by atoms with Gasteiger partial charge in [-0.3, -0.25) is 0 Å². The summed E-state index contributed by atoms with van der Waals surface area (Å²) in [6.45, 7) is 7.19. The van der Waals surface area contributed by atoms with E-state index in [0.29, 0.717) is 13.2 Å².